The lowest BCUT2D eigenvalue weighted by atomic mass is 10.2. The van der Waals surface area contributed by atoms with Gasteiger partial charge < -0.3 is 19.9 Å². The van der Waals surface area contributed by atoms with Crippen molar-refractivity contribution in [3.05, 3.63) is 60.2 Å². The van der Waals surface area contributed by atoms with Crippen LogP contribution in [0, 0.1) is 5.82 Å². The van der Waals surface area contributed by atoms with Gasteiger partial charge in [-0.25, -0.2) is 4.39 Å². The van der Waals surface area contributed by atoms with E-state index in [-0.39, 0.29) is 12.4 Å². The molecule has 0 aliphatic heterocycles. The van der Waals surface area contributed by atoms with E-state index in [1.807, 2.05) is 31.2 Å². The molecule has 8 heteroatoms. The van der Waals surface area contributed by atoms with Crippen molar-refractivity contribution in [1.82, 2.24) is 15.5 Å². The van der Waals surface area contributed by atoms with Crippen molar-refractivity contribution in [3.63, 3.8) is 0 Å². The Balaban J connectivity index is 1.55. The quantitative estimate of drug-likeness (QED) is 0.638. The highest BCUT2D eigenvalue weighted by atomic mass is 32.1. The fraction of sp³-hybridized carbons (Fsp3) is 0.167. The molecule has 0 amide bonds. The van der Waals surface area contributed by atoms with Gasteiger partial charge in [-0.2, -0.15) is 4.98 Å². The van der Waals surface area contributed by atoms with Crippen molar-refractivity contribution in [2.75, 3.05) is 11.9 Å². The number of thiocarbonyl (C=S) groups is 1. The second-order valence-electron chi connectivity index (χ2n) is 5.29. The zero-order valence-electron chi connectivity index (χ0n) is 14.0. The van der Waals surface area contributed by atoms with Crippen LogP contribution in [0.15, 0.2) is 53.1 Å². The van der Waals surface area contributed by atoms with Crippen LogP contribution in [0.1, 0.15) is 12.8 Å². The van der Waals surface area contributed by atoms with Crippen LogP contribution in [0.2, 0.25) is 0 Å². The van der Waals surface area contributed by atoms with E-state index in [4.69, 9.17) is 21.5 Å². The van der Waals surface area contributed by atoms with Crippen molar-refractivity contribution in [2.24, 2.45) is 0 Å². The molecule has 0 aliphatic carbocycles. The number of benzene rings is 2. The van der Waals surface area contributed by atoms with Gasteiger partial charge in [0.25, 0.3) is 0 Å². The summed E-state index contributed by atoms with van der Waals surface area (Å²) < 4.78 is 23.8. The molecule has 134 valence electrons. The van der Waals surface area contributed by atoms with Gasteiger partial charge in [0.1, 0.15) is 11.6 Å². The number of nitrogens with one attached hydrogen (secondary N) is 2. The topological polar surface area (TPSA) is 72.2 Å². The van der Waals surface area contributed by atoms with Crippen LogP contribution in [0.4, 0.5) is 10.1 Å². The monoisotopic (exact) mass is 372 g/mol. The number of ether oxygens (including phenoxy) is 1. The Bertz CT molecular complexity index is 883. The van der Waals surface area contributed by atoms with Gasteiger partial charge in [0.05, 0.1) is 13.2 Å². The van der Waals surface area contributed by atoms with E-state index in [9.17, 15) is 4.39 Å². The van der Waals surface area contributed by atoms with Crippen LogP contribution in [0.25, 0.3) is 11.4 Å². The maximum absolute atomic E-state index is 13.2. The predicted octanol–water partition coefficient (Wildman–Crippen LogP) is 3.76. The molecule has 1 heterocycles. The van der Waals surface area contributed by atoms with E-state index in [1.165, 1.54) is 12.1 Å². The molecule has 0 atom stereocenters. The third-order valence-corrected chi connectivity index (χ3v) is 3.62. The summed E-state index contributed by atoms with van der Waals surface area (Å²) in [6.07, 6.45) is 0. The molecule has 0 spiro atoms. The van der Waals surface area contributed by atoms with E-state index in [0.29, 0.717) is 29.1 Å². The van der Waals surface area contributed by atoms with Gasteiger partial charge in [0.15, 0.2) is 5.11 Å². The fourth-order valence-electron chi connectivity index (χ4n) is 2.21. The summed E-state index contributed by atoms with van der Waals surface area (Å²) in [5, 5.41) is 10.1. The lowest BCUT2D eigenvalue weighted by Crippen LogP contribution is -2.28. The lowest BCUT2D eigenvalue weighted by Gasteiger charge is -2.08. The zero-order chi connectivity index (χ0) is 18.4. The SMILES string of the molecule is CCOc1ccc(-c2noc(CNC(=S)Nc3cccc(F)c3)n2)cc1. The summed E-state index contributed by atoms with van der Waals surface area (Å²) in [5.41, 5.74) is 1.38. The van der Waals surface area contributed by atoms with Gasteiger partial charge in [-0.1, -0.05) is 11.2 Å². The van der Waals surface area contributed by atoms with E-state index in [1.54, 1.807) is 12.1 Å². The average molecular weight is 372 g/mol. The Morgan fingerprint density at radius 1 is 1.23 bits per heavy atom. The maximum atomic E-state index is 13.2. The maximum Gasteiger partial charge on any atom is 0.246 e. The largest absolute Gasteiger partial charge is 0.494 e. The summed E-state index contributed by atoms with van der Waals surface area (Å²) in [6.45, 7) is 2.80. The van der Waals surface area contributed by atoms with Gasteiger partial charge in [-0.05, 0) is 61.6 Å². The molecule has 26 heavy (non-hydrogen) atoms. The van der Waals surface area contributed by atoms with Crippen LogP contribution in [0.3, 0.4) is 0 Å². The third-order valence-electron chi connectivity index (χ3n) is 3.37. The predicted molar refractivity (Wildman–Crippen MR) is 100 cm³/mol. The normalized spacial score (nSPS) is 10.4. The number of hydrogen-bond acceptors (Lipinski definition) is 5. The van der Waals surface area contributed by atoms with Gasteiger partial charge in [-0.3, -0.25) is 0 Å². The minimum absolute atomic E-state index is 0.255. The van der Waals surface area contributed by atoms with Crippen LogP contribution in [-0.4, -0.2) is 21.9 Å². The first-order valence-electron chi connectivity index (χ1n) is 8.00. The first kappa shape index (κ1) is 17.8. The van der Waals surface area contributed by atoms with Crippen molar-refractivity contribution in [1.29, 1.82) is 0 Å². The molecule has 2 aromatic carbocycles. The molecule has 0 saturated heterocycles. The molecule has 2 N–H and O–H groups in total. The molecule has 0 fully saturated rings. The molecule has 3 rings (SSSR count). The number of anilines is 1. The van der Waals surface area contributed by atoms with Crippen molar-refractivity contribution in [3.8, 4) is 17.1 Å². The summed E-state index contributed by atoms with van der Waals surface area (Å²) in [4.78, 5) is 4.32. The molecule has 0 unspecified atom stereocenters. The molecule has 0 saturated carbocycles. The van der Waals surface area contributed by atoms with Crippen LogP contribution in [0.5, 0.6) is 5.75 Å². The fourth-order valence-corrected chi connectivity index (χ4v) is 2.40. The smallest absolute Gasteiger partial charge is 0.246 e. The standard InChI is InChI=1S/C18H17FN4O2S/c1-2-24-15-8-6-12(7-9-15)17-22-16(25-23-17)11-20-18(26)21-14-5-3-4-13(19)10-14/h3-10H,2,11H2,1H3,(H2,20,21,26). The average Bonchev–Trinajstić information content (AvgIpc) is 3.10. The molecule has 0 aliphatic rings. The number of aromatic nitrogens is 2. The molecule has 0 radical (unpaired) electrons. The molecular weight excluding hydrogens is 355 g/mol. The summed E-state index contributed by atoms with van der Waals surface area (Å²) in [5.74, 6) is 1.32. The Morgan fingerprint density at radius 3 is 2.77 bits per heavy atom. The van der Waals surface area contributed by atoms with Crippen LogP contribution >= 0.6 is 12.2 Å². The molecule has 3 aromatic rings. The summed E-state index contributed by atoms with van der Waals surface area (Å²) in [7, 11) is 0. The number of nitrogens with zero attached hydrogens (tertiary/aromatic N) is 2. The summed E-state index contributed by atoms with van der Waals surface area (Å²) >= 11 is 5.17. The van der Waals surface area contributed by atoms with E-state index in [0.717, 1.165) is 11.3 Å². The molecule has 6 nitrogen and oxygen atoms in total. The third kappa shape index (κ3) is 4.76. The van der Waals surface area contributed by atoms with E-state index in [2.05, 4.69) is 20.8 Å². The van der Waals surface area contributed by atoms with Gasteiger partial charge >= 0.3 is 0 Å². The highest BCUT2D eigenvalue weighted by Crippen LogP contribution is 2.20. The second-order valence-corrected chi connectivity index (χ2v) is 5.70. The van der Waals surface area contributed by atoms with Crippen LogP contribution < -0.4 is 15.4 Å². The van der Waals surface area contributed by atoms with E-state index >= 15 is 0 Å². The molecule has 1 aromatic heterocycles. The van der Waals surface area contributed by atoms with Gasteiger partial charge in [0, 0.05) is 11.3 Å². The lowest BCUT2D eigenvalue weighted by molar-refractivity contribution is 0.340. The minimum atomic E-state index is -0.338. The Kier molecular flexibility index (Phi) is 5.75. The van der Waals surface area contributed by atoms with Crippen LogP contribution in [-0.2, 0) is 6.54 Å². The van der Waals surface area contributed by atoms with Crippen molar-refractivity contribution < 1.29 is 13.7 Å². The first-order valence-corrected chi connectivity index (χ1v) is 8.41. The van der Waals surface area contributed by atoms with Gasteiger partial charge in [-0.15, -0.1) is 0 Å². The Labute approximate surface area is 155 Å². The Morgan fingerprint density at radius 2 is 2.04 bits per heavy atom. The highest BCUT2D eigenvalue weighted by Gasteiger charge is 2.09. The summed E-state index contributed by atoms with van der Waals surface area (Å²) in [6, 6.07) is 13.5. The molecule has 0 bridgehead atoms. The zero-order valence-corrected chi connectivity index (χ0v) is 14.8. The Hall–Kier alpha value is -3.00. The first-order chi connectivity index (χ1) is 12.6. The van der Waals surface area contributed by atoms with E-state index < -0.39 is 0 Å². The highest BCUT2D eigenvalue weighted by molar-refractivity contribution is 7.80. The minimum Gasteiger partial charge on any atom is -0.494 e. The van der Waals surface area contributed by atoms with Crippen molar-refractivity contribution in [2.45, 2.75) is 13.5 Å². The molecular formula is C18H17FN4O2S. The number of halogens is 1. The number of rotatable bonds is 6. The second kappa shape index (κ2) is 8.39. The number of hydrogen-bond donors (Lipinski definition) is 2. The van der Waals surface area contributed by atoms with Gasteiger partial charge in [0.2, 0.25) is 11.7 Å². The van der Waals surface area contributed by atoms with Crippen molar-refractivity contribution >= 4 is 23.0 Å².